The van der Waals surface area contributed by atoms with Gasteiger partial charge in [0.15, 0.2) is 0 Å². The summed E-state index contributed by atoms with van der Waals surface area (Å²) in [4.78, 5) is 28.8. The summed E-state index contributed by atoms with van der Waals surface area (Å²) in [6.07, 6.45) is 5.12. The van der Waals surface area contributed by atoms with Gasteiger partial charge in [0.2, 0.25) is 11.8 Å². The highest BCUT2D eigenvalue weighted by atomic mass is 79.9. The van der Waals surface area contributed by atoms with Crippen LogP contribution in [0.4, 0.5) is 5.69 Å². The van der Waals surface area contributed by atoms with Crippen LogP contribution < -0.4 is 9.62 Å². The number of rotatable bonds is 10. The van der Waals surface area contributed by atoms with Gasteiger partial charge in [-0.15, -0.1) is 0 Å². The number of hydrogen-bond acceptors (Lipinski definition) is 4. The van der Waals surface area contributed by atoms with Gasteiger partial charge in [0, 0.05) is 22.1 Å². The first-order valence-electron chi connectivity index (χ1n) is 13.3. The minimum Gasteiger partial charge on any atom is -0.352 e. The van der Waals surface area contributed by atoms with Gasteiger partial charge < -0.3 is 10.2 Å². The summed E-state index contributed by atoms with van der Waals surface area (Å²) in [5.41, 5.74) is 1.11. The lowest BCUT2D eigenvalue weighted by molar-refractivity contribution is -0.139. The van der Waals surface area contributed by atoms with Crippen molar-refractivity contribution in [1.82, 2.24) is 10.2 Å². The average Bonchev–Trinajstić information content (AvgIpc) is 2.96. The van der Waals surface area contributed by atoms with E-state index in [9.17, 15) is 18.0 Å². The second-order valence-electron chi connectivity index (χ2n) is 9.97. The Morgan fingerprint density at radius 3 is 2.20 bits per heavy atom. The third-order valence-electron chi connectivity index (χ3n) is 7.11. The zero-order valence-electron chi connectivity index (χ0n) is 22.3. The summed E-state index contributed by atoms with van der Waals surface area (Å²) < 4.78 is 29.5. The lowest BCUT2D eigenvalue weighted by atomic mass is 9.95. The van der Waals surface area contributed by atoms with Gasteiger partial charge in [0.05, 0.1) is 10.6 Å². The normalized spacial score (nSPS) is 14.8. The Labute approximate surface area is 249 Å². The van der Waals surface area contributed by atoms with Gasteiger partial charge in [-0.2, -0.15) is 0 Å². The molecule has 1 fully saturated rings. The first-order valence-corrected chi connectivity index (χ1v) is 15.9. The zero-order valence-corrected chi connectivity index (χ0v) is 25.5. The molecule has 0 bridgehead atoms. The van der Waals surface area contributed by atoms with Gasteiger partial charge in [-0.05, 0) is 73.9 Å². The van der Waals surface area contributed by atoms with Crippen LogP contribution in [0.15, 0.2) is 88.2 Å². The van der Waals surface area contributed by atoms with E-state index in [0.29, 0.717) is 10.7 Å². The van der Waals surface area contributed by atoms with Crippen molar-refractivity contribution in [2.75, 3.05) is 10.8 Å². The second-order valence-corrected chi connectivity index (χ2v) is 13.2. The largest absolute Gasteiger partial charge is 0.352 e. The fourth-order valence-electron chi connectivity index (χ4n) is 4.79. The van der Waals surface area contributed by atoms with Crippen molar-refractivity contribution in [3.05, 3.63) is 93.9 Å². The molecule has 1 N–H and O–H groups in total. The number of benzene rings is 3. The maximum atomic E-state index is 14.0. The molecular formula is C30H33BrClN3O4S. The number of sulfonamides is 1. The number of carbonyl (C=O) groups is 2. The van der Waals surface area contributed by atoms with E-state index in [0.717, 1.165) is 46.4 Å². The Hall–Kier alpha value is -2.88. The Balaban J connectivity index is 1.65. The number of carbonyl (C=O) groups excluding carboxylic acids is 2. The Morgan fingerprint density at radius 2 is 1.57 bits per heavy atom. The van der Waals surface area contributed by atoms with Crippen LogP contribution >= 0.6 is 27.5 Å². The van der Waals surface area contributed by atoms with E-state index in [2.05, 4.69) is 21.2 Å². The molecule has 4 rings (SSSR count). The van der Waals surface area contributed by atoms with Gasteiger partial charge in [-0.25, -0.2) is 8.42 Å². The molecule has 1 saturated carbocycles. The number of nitrogens with one attached hydrogen (secondary N) is 1. The molecular weight excluding hydrogens is 614 g/mol. The number of anilines is 1. The summed E-state index contributed by atoms with van der Waals surface area (Å²) in [5.74, 6) is -0.745. The molecule has 0 saturated heterocycles. The molecule has 0 spiro atoms. The number of halogens is 2. The van der Waals surface area contributed by atoms with E-state index < -0.39 is 28.5 Å². The molecule has 3 aromatic rings. The van der Waals surface area contributed by atoms with Crippen LogP contribution in [0.3, 0.4) is 0 Å². The van der Waals surface area contributed by atoms with Gasteiger partial charge in [-0.1, -0.05) is 77.1 Å². The smallest absolute Gasteiger partial charge is 0.264 e. The van der Waals surface area contributed by atoms with E-state index >= 15 is 0 Å². The van der Waals surface area contributed by atoms with E-state index in [1.807, 2.05) is 24.3 Å². The lowest BCUT2D eigenvalue weighted by Crippen LogP contribution is -2.53. The second kappa shape index (κ2) is 13.7. The van der Waals surface area contributed by atoms with E-state index in [1.165, 1.54) is 17.0 Å². The molecule has 1 unspecified atom stereocenters. The van der Waals surface area contributed by atoms with E-state index in [-0.39, 0.29) is 23.4 Å². The molecule has 1 atom stereocenters. The fraction of sp³-hybridized carbons (Fsp3) is 0.333. The summed E-state index contributed by atoms with van der Waals surface area (Å²) >= 11 is 9.50. The molecule has 3 aromatic carbocycles. The SMILES string of the molecule is CC(C(=O)NC1CCCCC1)N(Cc1ccc(Br)cc1)C(=O)CN(c1ccc(Cl)cc1)S(=O)(=O)c1ccccc1. The number of amides is 2. The van der Waals surface area contributed by atoms with Crippen molar-refractivity contribution in [2.45, 2.75) is 62.6 Å². The van der Waals surface area contributed by atoms with Crippen molar-refractivity contribution in [1.29, 1.82) is 0 Å². The number of hydrogen-bond donors (Lipinski definition) is 1. The minimum absolute atomic E-state index is 0.0558. The van der Waals surface area contributed by atoms with Crippen molar-refractivity contribution in [2.24, 2.45) is 0 Å². The molecule has 1 aliphatic rings. The van der Waals surface area contributed by atoms with Crippen LogP contribution in [0.5, 0.6) is 0 Å². The van der Waals surface area contributed by atoms with Crippen molar-refractivity contribution in [3.63, 3.8) is 0 Å². The molecule has 0 heterocycles. The van der Waals surface area contributed by atoms with Crippen LogP contribution in [-0.4, -0.2) is 43.8 Å². The minimum atomic E-state index is -4.11. The maximum Gasteiger partial charge on any atom is 0.264 e. The zero-order chi connectivity index (χ0) is 28.7. The molecule has 212 valence electrons. The Morgan fingerprint density at radius 1 is 0.950 bits per heavy atom. The topological polar surface area (TPSA) is 86.8 Å². The standard InChI is InChI=1S/C30H33BrClN3O4S/c1-22(30(37)33-26-8-4-2-5-9-26)34(20-23-12-14-24(31)15-13-23)29(36)21-35(27-18-16-25(32)17-19-27)40(38,39)28-10-6-3-7-11-28/h3,6-7,10-19,22,26H,2,4-5,8-9,20-21H2,1H3,(H,33,37). The maximum absolute atomic E-state index is 14.0. The lowest BCUT2D eigenvalue weighted by Gasteiger charge is -2.33. The highest BCUT2D eigenvalue weighted by Crippen LogP contribution is 2.26. The average molecular weight is 647 g/mol. The fourth-order valence-corrected chi connectivity index (χ4v) is 6.62. The van der Waals surface area contributed by atoms with Crippen molar-refractivity contribution in [3.8, 4) is 0 Å². The van der Waals surface area contributed by atoms with Crippen LogP contribution in [-0.2, 0) is 26.2 Å². The van der Waals surface area contributed by atoms with E-state index in [1.54, 1.807) is 49.4 Å². The van der Waals surface area contributed by atoms with Crippen molar-refractivity contribution >= 4 is 55.1 Å². The molecule has 7 nitrogen and oxygen atoms in total. The Bertz CT molecular complexity index is 1400. The summed E-state index contributed by atoms with van der Waals surface area (Å²) in [6, 6.07) is 21.0. The summed E-state index contributed by atoms with van der Waals surface area (Å²) in [6.45, 7) is 1.34. The van der Waals surface area contributed by atoms with Gasteiger partial charge in [-0.3, -0.25) is 13.9 Å². The monoisotopic (exact) mass is 645 g/mol. The third kappa shape index (κ3) is 7.65. The molecule has 1 aliphatic carbocycles. The van der Waals surface area contributed by atoms with E-state index in [4.69, 9.17) is 11.6 Å². The third-order valence-corrected chi connectivity index (χ3v) is 9.68. The first kappa shape index (κ1) is 30.1. The molecule has 0 aromatic heterocycles. The predicted molar refractivity (Wildman–Crippen MR) is 162 cm³/mol. The molecule has 0 radical (unpaired) electrons. The van der Waals surface area contributed by atoms with Gasteiger partial charge in [0.25, 0.3) is 10.0 Å². The predicted octanol–water partition coefficient (Wildman–Crippen LogP) is 6.16. The van der Waals surface area contributed by atoms with Crippen LogP contribution in [0.2, 0.25) is 5.02 Å². The van der Waals surface area contributed by atoms with Gasteiger partial charge in [0.1, 0.15) is 12.6 Å². The highest BCUT2D eigenvalue weighted by Gasteiger charge is 2.33. The molecule has 2 amide bonds. The van der Waals surface area contributed by atoms with Crippen LogP contribution in [0.25, 0.3) is 0 Å². The van der Waals surface area contributed by atoms with Crippen LogP contribution in [0.1, 0.15) is 44.6 Å². The molecule has 40 heavy (non-hydrogen) atoms. The highest BCUT2D eigenvalue weighted by molar-refractivity contribution is 9.10. The van der Waals surface area contributed by atoms with Crippen molar-refractivity contribution < 1.29 is 18.0 Å². The summed E-state index contributed by atoms with van der Waals surface area (Å²) in [5, 5.41) is 3.55. The summed E-state index contributed by atoms with van der Waals surface area (Å²) in [7, 11) is -4.11. The van der Waals surface area contributed by atoms with Gasteiger partial charge >= 0.3 is 0 Å². The van der Waals surface area contributed by atoms with Crippen LogP contribution in [0, 0.1) is 0 Å². The quantitative estimate of drug-likeness (QED) is 0.286. The molecule has 10 heteroatoms. The molecule has 0 aliphatic heterocycles. The Kier molecular flexibility index (Phi) is 10.3. The number of nitrogens with zero attached hydrogens (tertiary/aromatic N) is 2. The first-order chi connectivity index (χ1) is 19.1.